The molecule has 8 nitrogen and oxygen atoms in total. The molecule has 0 bridgehead atoms. The fraction of sp³-hybridized carbons (Fsp3) is 0.185. The minimum absolute atomic E-state index is 0.00667. The Morgan fingerprint density at radius 3 is 2.22 bits per heavy atom. The molecule has 1 aliphatic rings. The summed E-state index contributed by atoms with van der Waals surface area (Å²) in [4.78, 5) is 13.5. The number of rotatable bonds is 7. The Hall–Kier alpha value is -3.95. The summed E-state index contributed by atoms with van der Waals surface area (Å²) in [5, 5.41) is 16.6. The van der Waals surface area contributed by atoms with E-state index in [9.17, 15) is 18.5 Å². The average Bonchev–Trinajstić information content (AvgIpc) is 2.92. The van der Waals surface area contributed by atoms with Crippen LogP contribution in [0.4, 0.5) is 17.1 Å². The molecular formula is C27H26N4O4S. The summed E-state index contributed by atoms with van der Waals surface area (Å²) < 4.78 is 28.1. The van der Waals surface area contributed by atoms with Gasteiger partial charge >= 0.3 is 0 Å². The lowest BCUT2D eigenvalue weighted by Crippen LogP contribution is -2.48. The highest BCUT2D eigenvalue weighted by Crippen LogP contribution is 2.31. The van der Waals surface area contributed by atoms with Crippen LogP contribution in [0.15, 0.2) is 95.9 Å². The van der Waals surface area contributed by atoms with Crippen LogP contribution in [-0.4, -0.2) is 43.8 Å². The van der Waals surface area contributed by atoms with Gasteiger partial charge in [-0.15, -0.1) is 0 Å². The van der Waals surface area contributed by atoms with Crippen molar-refractivity contribution in [3.63, 3.8) is 0 Å². The van der Waals surface area contributed by atoms with Crippen molar-refractivity contribution in [2.45, 2.75) is 11.4 Å². The van der Waals surface area contributed by atoms with Gasteiger partial charge in [-0.1, -0.05) is 60.7 Å². The third-order valence-corrected chi connectivity index (χ3v) is 8.36. The lowest BCUT2D eigenvalue weighted by Gasteiger charge is -2.35. The molecule has 0 saturated carbocycles. The number of nitro groups is 1. The standard InChI is InChI=1S/C27H26N4O4S/c32-31(33)27-13-11-24(19-26(27)28-20-21-6-2-1-3-7-21)29-14-16-30(17-15-29)36(34,35)25-12-10-22-8-4-5-9-23(22)18-25/h1-13,18-19,28H,14-17,20H2. The van der Waals surface area contributed by atoms with Gasteiger partial charge in [-0.2, -0.15) is 4.31 Å². The molecule has 0 unspecified atom stereocenters. The van der Waals surface area contributed by atoms with Gasteiger partial charge in [-0.05, 0) is 40.6 Å². The second-order valence-corrected chi connectivity index (χ2v) is 10.6. The number of anilines is 2. The predicted octanol–water partition coefficient (Wildman–Crippen LogP) is 4.87. The molecule has 5 rings (SSSR count). The first-order valence-corrected chi connectivity index (χ1v) is 13.2. The number of benzene rings is 4. The Morgan fingerprint density at radius 2 is 1.50 bits per heavy atom. The van der Waals surface area contributed by atoms with Gasteiger partial charge in [-0.25, -0.2) is 8.42 Å². The van der Waals surface area contributed by atoms with E-state index in [1.807, 2.05) is 60.7 Å². The summed E-state index contributed by atoms with van der Waals surface area (Å²) >= 11 is 0. The van der Waals surface area contributed by atoms with Crippen molar-refractivity contribution in [3.8, 4) is 0 Å². The average molecular weight is 503 g/mol. The van der Waals surface area contributed by atoms with Crippen LogP contribution in [-0.2, 0) is 16.6 Å². The molecule has 36 heavy (non-hydrogen) atoms. The van der Waals surface area contributed by atoms with Gasteiger partial charge in [0.2, 0.25) is 10.0 Å². The number of fused-ring (bicyclic) bond motifs is 1. The second-order valence-electron chi connectivity index (χ2n) is 8.70. The van der Waals surface area contributed by atoms with E-state index < -0.39 is 14.9 Å². The Morgan fingerprint density at radius 1 is 0.806 bits per heavy atom. The van der Waals surface area contributed by atoms with Crippen LogP contribution in [0.25, 0.3) is 10.8 Å². The van der Waals surface area contributed by atoms with Gasteiger partial charge in [0.1, 0.15) is 5.69 Å². The maximum atomic E-state index is 13.3. The van der Waals surface area contributed by atoms with Crippen molar-refractivity contribution in [3.05, 3.63) is 107 Å². The first-order valence-electron chi connectivity index (χ1n) is 11.7. The van der Waals surface area contributed by atoms with Gasteiger partial charge in [0.15, 0.2) is 0 Å². The fourth-order valence-corrected chi connectivity index (χ4v) is 5.94. The molecule has 0 spiro atoms. The third-order valence-electron chi connectivity index (χ3n) is 6.47. The summed E-state index contributed by atoms with van der Waals surface area (Å²) in [5.41, 5.74) is 2.28. The van der Waals surface area contributed by atoms with E-state index in [1.54, 1.807) is 24.3 Å². The van der Waals surface area contributed by atoms with Crippen molar-refractivity contribution in [1.82, 2.24) is 4.31 Å². The van der Waals surface area contributed by atoms with Gasteiger partial charge in [0.05, 0.1) is 9.82 Å². The molecule has 1 fully saturated rings. The van der Waals surface area contributed by atoms with E-state index in [1.165, 1.54) is 10.4 Å². The zero-order chi connectivity index (χ0) is 25.1. The van der Waals surface area contributed by atoms with Crippen molar-refractivity contribution >= 4 is 37.9 Å². The number of nitrogens with zero attached hydrogens (tertiary/aromatic N) is 3. The van der Waals surface area contributed by atoms with E-state index in [2.05, 4.69) is 10.2 Å². The lowest BCUT2D eigenvalue weighted by atomic mass is 10.1. The van der Waals surface area contributed by atoms with Crippen LogP contribution in [0.5, 0.6) is 0 Å². The van der Waals surface area contributed by atoms with Crippen LogP contribution in [0.2, 0.25) is 0 Å². The van der Waals surface area contributed by atoms with Gasteiger partial charge < -0.3 is 10.2 Å². The Balaban J connectivity index is 1.30. The minimum atomic E-state index is -3.62. The highest BCUT2D eigenvalue weighted by Gasteiger charge is 2.29. The van der Waals surface area contributed by atoms with Gasteiger partial charge in [0.25, 0.3) is 5.69 Å². The number of hydrogen-bond donors (Lipinski definition) is 1. The largest absolute Gasteiger partial charge is 0.375 e. The molecule has 184 valence electrons. The summed E-state index contributed by atoms with van der Waals surface area (Å²) in [7, 11) is -3.62. The Kier molecular flexibility index (Phi) is 6.58. The SMILES string of the molecule is O=[N+]([O-])c1ccc(N2CCN(S(=O)(=O)c3ccc4ccccc4c3)CC2)cc1NCc1ccccc1. The number of hydrogen-bond acceptors (Lipinski definition) is 6. The molecule has 0 amide bonds. The van der Waals surface area contributed by atoms with Gasteiger partial charge in [0, 0.05) is 44.5 Å². The molecule has 0 aromatic heterocycles. The predicted molar refractivity (Wildman–Crippen MR) is 142 cm³/mol. The third kappa shape index (κ3) is 4.89. The van der Waals surface area contributed by atoms with E-state index in [0.717, 1.165) is 22.0 Å². The monoisotopic (exact) mass is 502 g/mol. The molecule has 1 N–H and O–H groups in total. The maximum Gasteiger partial charge on any atom is 0.292 e. The van der Waals surface area contributed by atoms with Crippen LogP contribution < -0.4 is 10.2 Å². The van der Waals surface area contributed by atoms with Crippen molar-refractivity contribution in [1.29, 1.82) is 0 Å². The molecule has 1 aliphatic heterocycles. The smallest absolute Gasteiger partial charge is 0.292 e. The zero-order valence-corrected chi connectivity index (χ0v) is 20.4. The minimum Gasteiger partial charge on any atom is -0.375 e. The van der Waals surface area contributed by atoms with E-state index in [0.29, 0.717) is 38.4 Å². The Labute approximate surface area is 210 Å². The van der Waals surface area contributed by atoms with Crippen molar-refractivity contribution < 1.29 is 13.3 Å². The molecule has 4 aromatic rings. The maximum absolute atomic E-state index is 13.3. The highest BCUT2D eigenvalue weighted by atomic mass is 32.2. The molecule has 4 aromatic carbocycles. The molecule has 0 aliphatic carbocycles. The highest BCUT2D eigenvalue weighted by molar-refractivity contribution is 7.89. The second kappa shape index (κ2) is 9.96. The normalized spacial score (nSPS) is 14.6. The Bertz CT molecular complexity index is 1500. The topological polar surface area (TPSA) is 95.8 Å². The van der Waals surface area contributed by atoms with Crippen molar-refractivity contribution in [2.24, 2.45) is 0 Å². The van der Waals surface area contributed by atoms with Crippen LogP contribution >= 0.6 is 0 Å². The summed E-state index contributed by atoms with van der Waals surface area (Å²) in [6, 6.07) is 27.6. The van der Waals surface area contributed by atoms with E-state index >= 15 is 0 Å². The van der Waals surface area contributed by atoms with Crippen molar-refractivity contribution in [2.75, 3.05) is 36.4 Å². The van der Waals surface area contributed by atoms with Crippen LogP contribution in [0.3, 0.4) is 0 Å². The summed E-state index contributed by atoms with van der Waals surface area (Å²) in [5.74, 6) is 0. The molecule has 0 atom stereocenters. The molecular weight excluding hydrogens is 476 g/mol. The zero-order valence-electron chi connectivity index (χ0n) is 19.6. The fourth-order valence-electron chi connectivity index (χ4n) is 4.48. The number of sulfonamides is 1. The van der Waals surface area contributed by atoms with E-state index in [-0.39, 0.29) is 10.6 Å². The van der Waals surface area contributed by atoms with Crippen LogP contribution in [0.1, 0.15) is 5.56 Å². The first-order chi connectivity index (χ1) is 17.4. The van der Waals surface area contributed by atoms with E-state index in [4.69, 9.17) is 0 Å². The van der Waals surface area contributed by atoms with Crippen LogP contribution in [0, 0.1) is 10.1 Å². The number of nitrogens with one attached hydrogen (secondary N) is 1. The molecule has 1 saturated heterocycles. The molecule has 1 heterocycles. The summed E-state index contributed by atoms with van der Waals surface area (Å²) in [6.45, 7) is 2.10. The molecule has 0 radical (unpaired) electrons. The molecule has 9 heteroatoms. The summed E-state index contributed by atoms with van der Waals surface area (Å²) in [6.07, 6.45) is 0. The number of piperazine rings is 1. The first kappa shape index (κ1) is 23.8. The van der Waals surface area contributed by atoms with Gasteiger partial charge in [-0.3, -0.25) is 10.1 Å². The number of nitro benzene ring substituents is 1. The lowest BCUT2D eigenvalue weighted by molar-refractivity contribution is -0.384. The quantitative estimate of drug-likeness (QED) is 0.286.